The number of anilines is 1. The van der Waals surface area contributed by atoms with Crippen molar-refractivity contribution in [1.82, 2.24) is 9.88 Å². The fraction of sp³-hybridized carbons (Fsp3) is 0.500. The summed E-state index contributed by atoms with van der Waals surface area (Å²) >= 11 is 0. The number of ether oxygens (including phenoxy) is 1. The van der Waals surface area contributed by atoms with Gasteiger partial charge in [0.1, 0.15) is 12.3 Å². The number of rotatable bonds is 6. The highest BCUT2D eigenvalue weighted by Crippen LogP contribution is 2.12. The van der Waals surface area contributed by atoms with E-state index in [2.05, 4.69) is 5.32 Å². The van der Waals surface area contributed by atoms with Crippen molar-refractivity contribution < 1.29 is 14.3 Å². The zero-order valence-corrected chi connectivity index (χ0v) is 10.7. The number of nitrogen functional groups attached to an aromatic ring is 1. The summed E-state index contributed by atoms with van der Waals surface area (Å²) in [6.07, 6.45) is 2.76. The first-order chi connectivity index (χ1) is 8.58. The summed E-state index contributed by atoms with van der Waals surface area (Å²) in [5.41, 5.74) is 6.60. The van der Waals surface area contributed by atoms with E-state index in [1.807, 2.05) is 6.92 Å². The molecule has 1 heterocycles. The van der Waals surface area contributed by atoms with E-state index in [4.69, 9.17) is 10.5 Å². The van der Waals surface area contributed by atoms with Crippen LogP contribution in [0, 0.1) is 0 Å². The number of nitrogens with two attached hydrogens (primary N) is 1. The minimum Gasteiger partial charge on any atom is -0.460 e. The molecule has 3 N–H and O–H groups in total. The molecule has 0 aliphatic heterocycles. The molecular formula is C12H19N3O3. The van der Waals surface area contributed by atoms with E-state index in [9.17, 15) is 9.59 Å². The molecule has 1 aromatic heterocycles. The van der Waals surface area contributed by atoms with E-state index in [1.54, 1.807) is 16.8 Å². The van der Waals surface area contributed by atoms with Crippen molar-refractivity contribution in [2.24, 2.45) is 0 Å². The second-order valence-electron chi connectivity index (χ2n) is 3.91. The first kappa shape index (κ1) is 14.1. The molecule has 1 rings (SSSR count). The third-order valence-electron chi connectivity index (χ3n) is 2.43. The molecular weight excluding hydrogens is 234 g/mol. The molecule has 1 amide bonds. The molecule has 0 atom stereocenters. The number of hydrogen-bond acceptors (Lipinski definition) is 4. The zero-order chi connectivity index (χ0) is 13.5. The first-order valence-corrected chi connectivity index (χ1v) is 5.91. The summed E-state index contributed by atoms with van der Waals surface area (Å²) < 4.78 is 6.79. The topological polar surface area (TPSA) is 86.3 Å². The molecule has 0 saturated carbocycles. The van der Waals surface area contributed by atoms with E-state index in [1.165, 1.54) is 7.05 Å². The highest BCUT2D eigenvalue weighted by atomic mass is 16.5. The highest BCUT2D eigenvalue weighted by molar-refractivity contribution is 5.89. The quantitative estimate of drug-likeness (QED) is 0.733. The monoisotopic (exact) mass is 253 g/mol. The summed E-state index contributed by atoms with van der Waals surface area (Å²) in [7, 11) is 1.54. The largest absolute Gasteiger partial charge is 0.460 e. The van der Waals surface area contributed by atoms with Gasteiger partial charge in [0.25, 0.3) is 0 Å². The number of amides is 1. The second-order valence-corrected chi connectivity index (χ2v) is 3.91. The van der Waals surface area contributed by atoms with Crippen molar-refractivity contribution in [3.05, 3.63) is 18.0 Å². The molecule has 0 saturated heterocycles. The smallest absolute Gasteiger partial charge is 0.355 e. The number of carbonyl (C=O) groups excluding carboxylic acids is 2. The van der Waals surface area contributed by atoms with Crippen LogP contribution >= 0.6 is 0 Å². The Balaban J connectivity index is 2.58. The van der Waals surface area contributed by atoms with Crippen LogP contribution in [0.1, 0.15) is 30.3 Å². The Morgan fingerprint density at radius 2 is 2.22 bits per heavy atom. The first-order valence-electron chi connectivity index (χ1n) is 5.91. The van der Waals surface area contributed by atoms with Crippen LogP contribution in [-0.2, 0) is 16.1 Å². The Morgan fingerprint density at radius 1 is 1.50 bits per heavy atom. The minimum absolute atomic E-state index is 0.0652. The number of nitrogens with one attached hydrogen (secondary N) is 1. The molecule has 100 valence electrons. The molecule has 18 heavy (non-hydrogen) atoms. The number of esters is 1. The van der Waals surface area contributed by atoms with Gasteiger partial charge in [-0.1, -0.05) is 6.92 Å². The Kier molecular flexibility index (Phi) is 5.23. The minimum atomic E-state index is -0.455. The number of nitrogens with zero attached hydrogens (tertiary/aromatic N) is 1. The van der Waals surface area contributed by atoms with E-state index in [0.29, 0.717) is 17.9 Å². The number of hydrogen-bond donors (Lipinski definition) is 2. The van der Waals surface area contributed by atoms with Gasteiger partial charge in [-0.15, -0.1) is 0 Å². The standard InChI is InChI=1S/C12H19N3O3/c1-3-5-15-8-9(13)7-10(15)12(17)18-6-4-11(16)14-2/h7-8H,3-6,13H2,1-2H3,(H,14,16). The van der Waals surface area contributed by atoms with Crippen LogP contribution in [0.2, 0.25) is 0 Å². The SMILES string of the molecule is CCCn1cc(N)cc1C(=O)OCCC(=O)NC. The average molecular weight is 253 g/mol. The Bertz CT molecular complexity index is 426. The number of aryl methyl sites for hydroxylation is 1. The predicted molar refractivity (Wildman–Crippen MR) is 68.1 cm³/mol. The van der Waals surface area contributed by atoms with Crippen LogP contribution in [0.5, 0.6) is 0 Å². The molecule has 6 heteroatoms. The lowest BCUT2D eigenvalue weighted by Gasteiger charge is -2.07. The fourth-order valence-corrected chi connectivity index (χ4v) is 1.56. The average Bonchev–Trinajstić information content (AvgIpc) is 2.70. The van der Waals surface area contributed by atoms with Crippen LogP contribution in [0.25, 0.3) is 0 Å². The summed E-state index contributed by atoms with van der Waals surface area (Å²) in [6, 6.07) is 1.58. The maximum Gasteiger partial charge on any atom is 0.355 e. The van der Waals surface area contributed by atoms with Crippen LogP contribution in [-0.4, -0.2) is 30.1 Å². The summed E-state index contributed by atoms with van der Waals surface area (Å²) in [4.78, 5) is 22.8. The van der Waals surface area contributed by atoms with Gasteiger partial charge in [0.15, 0.2) is 0 Å². The summed E-state index contributed by atoms with van der Waals surface area (Å²) in [5, 5.41) is 2.46. The molecule has 1 aromatic rings. The van der Waals surface area contributed by atoms with E-state index in [0.717, 1.165) is 6.42 Å². The van der Waals surface area contributed by atoms with Gasteiger partial charge < -0.3 is 20.4 Å². The normalized spacial score (nSPS) is 10.1. The van der Waals surface area contributed by atoms with Gasteiger partial charge in [0, 0.05) is 19.8 Å². The molecule has 0 aromatic carbocycles. The van der Waals surface area contributed by atoms with Gasteiger partial charge in [-0.2, -0.15) is 0 Å². The maximum atomic E-state index is 11.8. The van der Waals surface area contributed by atoms with Crippen molar-refractivity contribution in [2.45, 2.75) is 26.3 Å². The van der Waals surface area contributed by atoms with E-state index < -0.39 is 5.97 Å². The Morgan fingerprint density at radius 3 is 2.83 bits per heavy atom. The molecule has 0 spiro atoms. The maximum absolute atomic E-state index is 11.8. The van der Waals surface area contributed by atoms with E-state index >= 15 is 0 Å². The molecule has 0 fully saturated rings. The van der Waals surface area contributed by atoms with Gasteiger partial charge in [0.2, 0.25) is 5.91 Å². The van der Waals surface area contributed by atoms with Crippen molar-refractivity contribution >= 4 is 17.6 Å². The number of aromatic nitrogens is 1. The molecule has 0 aliphatic carbocycles. The highest BCUT2D eigenvalue weighted by Gasteiger charge is 2.14. The van der Waals surface area contributed by atoms with Gasteiger partial charge in [-0.25, -0.2) is 4.79 Å². The Labute approximate surface area is 106 Å². The van der Waals surface area contributed by atoms with Gasteiger partial charge in [-0.3, -0.25) is 4.79 Å². The predicted octanol–water partition coefficient (Wildman–Crippen LogP) is 0.773. The van der Waals surface area contributed by atoms with Crippen LogP contribution < -0.4 is 11.1 Å². The van der Waals surface area contributed by atoms with E-state index in [-0.39, 0.29) is 18.9 Å². The number of carbonyl (C=O) groups is 2. The molecule has 0 bridgehead atoms. The molecule has 0 unspecified atom stereocenters. The summed E-state index contributed by atoms with van der Waals surface area (Å²) in [6.45, 7) is 2.78. The lowest BCUT2D eigenvalue weighted by molar-refractivity contribution is -0.121. The molecule has 6 nitrogen and oxygen atoms in total. The van der Waals surface area contributed by atoms with Crippen LogP contribution in [0.3, 0.4) is 0 Å². The van der Waals surface area contributed by atoms with Crippen molar-refractivity contribution in [1.29, 1.82) is 0 Å². The van der Waals surface area contributed by atoms with Gasteiger partial charge >= 0.3 is 5.97 Å². The van der Waals surface area contributed by atoms with Crippen molar-refractivity contribution in [3.8, 4) is 0 Å². The third kappa shape index (κ3) is 3.80. The van der Waals surface area contributed by atoms with Gasteiger partial charge in [0.05, 0.1) is 12.1 Å². The lowest BCUT2D eigenvalue weighted by Crippen LogP contribution is -2.21. The van der Waals surface area contributed by atoms with Gasteiger partial charge in [-0.05, 0) is 12.5 Å². The molecule has 0 radical (unpaired) electrons. The van der Waals surface area contributed by atoms with Crippen LogP contribution in [0.4, 0.5) is 5.69 Å². The second kappa shape index (κ2) is 6.68. The third-order valence-corrected chi connectivity index (χ3v) is 2.43. The summed E-state index contributed by atoms with van der Waals surface area (Å²) in [5.74, 6) is -0.615. The van der Waals surface area contributed by atoms with Crippen LogP contribution in [0.15, 0.2) is 12.3 Å². The zero-order valence-electron chi connectivity index (χ0n) is 10.7. The Hall–Kier alpha value is -1.98. The molecule has 0 aliphatic rings. The lowest BCUT2D eigenvalue weighted by atomic mass is 10.4. The van der Waals surface area contributed by atoms with Crippen molar-refractivity contribution in [3.63, 3.8) is 0 Å². The van der Waals surface area contributed by atoms with Crippen molar-refractivity contribution in [2.75, 3.05) is 19.4 Å². The fourth-order valence-electron chi connectivity index (χ4n) is 1.56.